The van der Waals surface area contributed by atoms with Gasteiger partial charge in [0.1, 0.15) is 5.75 Å². The highest BCUT2D eigenvalue weighted by Crippen LogP contribution is 2.44. The van der Waals surface area contributed by atoms with Crippen molar-refractivity contribution in [1.82, 2.24) is 0 Å². The van der Waals surface area contributed by atoms with Gasteiger partial charge in [0.25, 0.3) is 0 Å². The Hall–Kier alpha value is -1.51. The summed E-state index contributed by atoms with van der Waals surface area (Å²) >= 11 is 0. The smallest absolute Gasteiger partial charge is 0.307 e. The number of carboxylic acids is 1. The number of phenolic OH excluding ortho intramolecular Hbond substituents is 1. The number of aliphatic carboxylic acids is 1. The summed E-state index contributed by atoms with van der Waals surface area (Å²) in [6, 6.07) is 5.16. The Morgan fingerprint density at radius 2 is 2.00 bits per heavy atom. The molecule has 0 bridgehead atoms. The van der Waals surface area contributed by atoms with E-state index in [1.807, 2.05) is 6.07 Å². The maximum Gasteiger partial charge on any atom is 0.307 e. The summed E-state index contributed by atoms with van der Waals surface area (Å²) in [6.45, 7) is 2.15. The van der Waals surface area contributed by atoms with E-state index >= 15 is 0 Å². The molecule has 0 aromatic heterocycles. The van der Waals surface area contributed by atoms with E-state index < -0.39 is 5.97 Å². The maximum atomic E-state index is 10.7. The average molecular weight is 234 g/mol. The predicted octanol–water partition coefficient (Wildman–Crippen LogP) is 2.85. The molecular formula is C14H18O3. The molecule has 0 amide bonds. The molecular weight excluding hydrogens is 216 g/mol. The monoisotopic (exact) mass is 234 g/mol. The van der Waals surface area contributed by atoms with Crippen molar-refractivity contribution in [2.75, 3.05) is 0 Å². The maximum absolute atomic E-state index is 10.7. The second kappa shape index (κ2) is 4.40. The molecule has 1 aromatic rings. The van der Waals surface area contributed by atoms with Crippen LogP contribution < -0.4 is 0 Å². The number of carbonyl (C=O) groups is 1. The lowest BCUT2D eigenvalue weighted by Crippen LogP contribution is -2.17. The van der Waals surface area contributed by atoms with Crippen molar-refractivity contribution >= 4 is 5.97 Å². The number of phenols is 1. The van der Waals surface area contributed by atoms with Crippen molar-refractivity contribution in [3.05, 3.63) is 29.3 Å². The molecule has 1 aromatic carbocycles. The second-order valence-electron chi connectivity index (χ2n) is 5.19. The lowest BCUT2D eigenvalue weighted by Gasteiger charge is -2.25. The second-order valence-corrected chi connectivity index (χ2v) is 5.19. The Balaban J connectivity index is 2.35. The van der Waals surface area contributed by atoms with Crippen molar-refractivity contribution in [3.8, 4) is 5.75 Å². The van der Waals surface area contributed by atoms with Crippen LogP contribution in [0.15, 0.2) is 18.2 Å². The van der Waals surface area contributed by atoms with Crippen molar-refractivity contribution in [2.45, 2.75) is 44.4 Å². The number of benzene rings is 1. The summed E-state index contributed by atoms with van der Waals surface area (Å²) in [6.07, 6.45) is 4.51. The van der Waals surface area contributed by atoms with Gasteiger partial charge in [0.15, 0.2) is 0 Å². The van der Waals surface area contributed by atoms with Gasteiger partial charge in [-0.15, -0.1) is 0 Å². The Labute approximate surface area is 101 Å². The highest BCUT2D eigenvalue weighted by atomic mass is 16.4. The molecule has 0 unspecified atom stereocenters. The molecule has 0 aliphatic heterocycles. The third-order valence-electron chi connectivity index (χ3n) is 3.77. The minimum atomic E-state index is -0.835. The number of aromatic hydroxyl groups is 1. The van der Waals surface area contributed by atoms with E-state index in [0.717, 1.165) is 24.0 Å². The molecule has 0 heterocycles. The van der Waals surface area contributed by atoms with Crippen molar-refractivity contribution < 1.29 is 15.0 Å². The summed E-state index contributed by atoms with van der Waals surface area (Å²) in [4.78, 5) is 10.7. The van der Waals surface area contributed by atoms with Crippen LogP contribution in [0.4, 0.5) is 0 Å². The SMILES string of the molecule is CC1(c2cc(CC(=O)O)ccc2O)CCCC1. The minimum Gasteiger partial charge on any atom is -0.508 e. The van der Waals surface area contributed by atoms with Gasteiger partial charge < -0.3 is 10.2 Å². The van der Waals surface area contributed by atoms with Crippen molar-refractivity contribution in [3.63, 3.8) is 0 Å². The fourth-order valence-electron chi connectivity index (χ4n) is 2.78. The standard InChI is InChI=1S/C14H18O3/c1-14(6-2-3-7-14)11-8-10(9-13(16)17)4-5-12(11)15/h4-5,8,15H,2-3,6-7,9H2,1H3,(H,16,17). The number of hydrogen-bond donors (Lipinski definition) is 2. The van der Waals surface area contributed by atoms with Gasteiger partial charge in [0.2, 0.25) is 0 Å². The highest BCUT2D eigenvalue weighted by Gasteiger charge is 2.32. The summed E-state index contributed by atoms with van der Waals surface area (Å²) in [7, 11) is 0. The minimum absolute atomic E-state index is 0.0125. The van der Waals surface area contributed by atoms with Gasteiger partial charge >= 0.3 is 5.97 Å². The molecule has 0 atom stereocenters. The molecule has 1 saturated carbocycles. The largest absolute Gasteiger partial charge is 0.508 e. The first kappa shape index (κ1) is 12.0. The van der Waals surface area contributed by atoms with E-state index in [1.165, 1.54) is 12.8 Å². The lowest BCUT2D eigenvalue weighted by atomic mass is 9.79. The van der Waals surface area contributed by atoms with Crippen molar-refractivity contribution in [2.24, 2.45) is 0 Å². The van der Waals surface area contributed by atoms with Crippen LogP contribution in [0.3, 0.4) is 0 Å². The molecule has 3 nitrogen and oxygen atoms in total. The van der Waals surface area contributed by atoms with Gasteiger partial charge in [-0.3, -0.25) is 4.79 Å². The third-order valence-corrected chi connectivity index (χ3v) is 3.77. The van der Waals surface area contributed by atoms with Gasteiger partial charge in [0, 0.05) is 5.56 Å². The molecule has 2 N–H and O–H groups in total. The number of carboxylic acid groups (broad SMARTS) is 1. The third kappa shape index (κ3) is 2.43. The molecule has 2 rings (SSSR count). The van der Waals surface area contributed by atoms with Gasteiger partial charge in [-0.05, 0) is 29.9 Å². The van der Waals surface area contributed by atoms with Crippen LogP contribution >= 0.6 is 0 Å². The molecule has 0 saturated heterocycles. The highest BCUT2D eigenvalue weighted by molar-refractivity contribution is 5.70. The first-order chi connectivity index (χ1) is 8.01. The first-order valence-corrected chi connectivity index (χ1v) is 6.05. The van der Waals surface area contributed by atoms with Gasteiger partial charge in [-0.1, -0.05) is 31.9 Å². The number of hydrogen-bond acceptors (Lipinski definition) is 2. The van der Waals surface area contributed by atoms with E-state index in [9.17, 15) is 9.90 Å². The molecule has 0 spiro atoms. The van der Waals surface area contributed by atoms with E-state index in [2.05, 4.69) is 6.92 Å². The van der Waals surface area contributed by atoms with E-state index in [1.54, 1.807) is 12.1 Å². The lowest BCUT2D eigenvalue weighted by molar-refractivity contribution is -0.136. The fourth-order valence-corrected chi connectivity index (χ4v) is 2.78. The van der Waals surface area contributed by atoms with Crippen LogP contribution in [0, 0.1) is 0 Å². The normalized spacial score (nSPS) is 18.2. The predicted molar refractivity (Wildman–Crippen MR) is 65.3 cm³/mol. The molecule has 92 valence electrons. The van der Waals surface area contributed by atoms with E-state index in [4.69, 9.17) is 5.11 Å². The van der Waals surface area contributed by atoms with Gasteiger partial charge in [0.05, 0.1) is 6.42 Å². The molecule has 3 heteroatoms. The zero-order valence-electron chi connectivity index (χ0n) is 10.1. The topological polar surface area (TPSA) is 57.5 Å². The Bertz CT molecular complexity index is 431. The zero-order chi connectivity index (χ0) is 12.5. The van der Waals surface area contributed by atoms with Crippen LogP contribution in [-0.2, 0) is 16.6 Å². The van der Waals surface area contributed by atoms with Crippen molar-refractivity contribution in [1.29, 1.82) is 0 Å². The molecule has 1 aliphatic rings. The van der Waals surface area contributed by atoms with E-state index in [-0.39, 0.29) is 11.8 Å². The van der Waals surface area contributed by atoms with Gasteiger partial charge in [-0.2, -0.15) is 0 Å². The first-order valence-electron chi connectivity index (χ1n) is 6.05. The molecule has 1 fully saturated rings. The van der Waals surface area contributed by atoms with Crippen LogP contribution in [0.1, 0.15) is 43.7 Å². The summed E-state index contributed by atoms with van der Waals surface area (Å²) < 4.78 is 0. The Kier molecular flexibility index (Phi) is 3.09. The summed E-state index contributed by atoms with van der Waals surface area (Å²) in [5.41, 5.74) is 1.69. The Morgan fingerprint density at radius 3 is 2.59 bits per heavy atom. The number of rotatable bonds is 3. The summed E-state index contributed by atoms with van der Waals surface area (Å²) in [5.74, 6) is -0.540. The van der Waals surface area contributed by atoms with Crippen LogP contribution in [0.25, 0.3) is 0 Å². The Morgan fingerprint density at radius 1 is 1.35 bits per heavy atom. The fraction of sp³-hybridized carbons (Fsp3) is 0.500. The average Bonchev–Trinajstić information content (AvgIpc) is 2.68. The molecule has 17 heavy (non-hydrogen) atoms. The van der Waals surface area contributed by atoms with Crippen LogP contribution in [0.5, 0.6) is 5.75 Å². The van der Waals surface area contributed by atoms with E-state index in [0.29, 0.717) is 5.75 Å². The van der Waals surface area contributed by atoms with Crippen LogP contribution in [-0.4, -0.2) is 16.2 Å². The van der Waals surface area contributed by atoms with Crippen LogP contribution in [0.2, 0.25) is 0 Å². The zero-order valence-corrected chi connectivity index (χ0v) is 10.1. The molecule has 1 aliphatic carbocycles. The van der Waals surface area contributed by atoms with Gasteiger partial charge in [-0.25, -0.2) is 0 Å². The summed E-state index contributed by atoms with van der Waals surface area (Å²) in [5, 5.41) is 18.7. The quantitative estimate of drug-likeness (QED) is 0.845. The molecule has 0 radical (unpaired) electrons.